The summed E-state index contributed by atoms with van der Waals surface area (Å²) in [4.78, 5) is 0. The first-order valence-electron chi connectivity index (χ1n) is 18.6. The van der Waals surface area contributed by atoms with Crippen LogP contribution in [-0.4, -0.2) is 0 Å². The van der Waals surface area contributed by atoms with E-state index in [1.54, 1.807) is 0 Å². The van der Waals surface area contributed by atoms with E-state index in [1.165, 1.54) is 38.5 Å². The van der Waals surface area contributed by atoms with Crippen LogP contribution in [0.3, 0.4) is 0 Å². The van der Waals surface area contributed by atoms with Gasteiger partial charge in [-0.15, -0.1) is 0 Å². The highest BCUT2D eigenvalue weighted by Gasteiger charge is 2.21. The number of rotatable bonds is 8. The molecule has 0 aliphatic rings. The lowest BCUT2D eigenvalue weighted by Crippen LogP contribution is -2.18. The van der Waals surface area contributed by atoms with Crippen LogP contribution in [-0.2, 0) is 0 Å². The first-order chi connectivity index (χ1) is 18.6. The molecule has 3 unspecified atom stereocenters. The third-order valence-electron chi connectivity index (χ3n) is 9.16. The zero-order valence-corrected chi connectivity index (χ0v) is 36.2. The minimum Gasteiger partial charge on any atom is -0.0776 e. The average molecular weight is 661 g/mol. The van der Waals surface area contributed by atoms with Gasteiger partial charge in [0.25, 0.3) is 0 Å². The highest BCUT2D eigenvalue weighted by Crippen LogP contribution is 2.31. The zero-order chi connectivity index (χ0) is 36.2. The van der Waals surface area contributed by atoms with Gasteiger partial charge >= 0.3 is 0 Å². The molecule has 0 aromatic heterocycles. The highest BCUT2D eigenvalue weighted by atomic mass is 14.3. The quantitative estimate of drug-likeness (QED) is 0.243. The van der Waals surface area contributed by atoms with Crippen molar-refractivity contribution in [2.75, 3.05) is 0 Å². The molecule has 0 bridgehead atoms. The van der Waals surface area contributed by atoms with Crippen molar-refractivity contribution in [3.8, 4) is 0 Å². The second-order valence-electron chi connectivity index (χ2n) is 21.1. The van der Waals surface area contributed by atoms with E-state index in [4.69, 9.17) is 0 Å². The summed E-state index contributed by atoms with van der Waals surface area (Å²) in [6.07, 6.45) is 8.21. The molecular formula is C46H108. The SMILES string of the molecule is C.C.C.CC(C)(C)C.CC(C)C(C)(C)C.CC(C)CC(C)C(C)(C)C.CC(C)CCC(C)C(C)(C)C.CCCCC(C)C(C)(C)C. The maximum atomic E-state index is 2.36. The van der Waals surface area contributed by atoms with E-state index in [0.29, 0.717) is 27.1 Å². The minimum absolute atomic E-state index is 0. The van der Waals surface area contributed by atoms with E-state index in [-0.39, 0.29) is 22.3 Å². The first kappa shape index (κ1) is 64.5. The monoisotopic (exact) mass is 661 g/mol. The Morgan fingerprint density at radius 2 is 0.630 bits per heavy atom. The summed E-state index contributed by atoms with van der Waals surface area (Å²) in [5.74, 6) is 5.06. The van der Waals surface area contributed by atoms with Crippen LogP contribution in [0.4, 0.5) is 0 Å². The Hall–Kier alpha value is 0. The standard InChI is InChI=1S/C11H24.2C10H22.C7H16.C5H12.3CH4/c1-9(2)7-8-10(3)11(4,5)6;1-8(2)7-9(3)10(4,5)6;1-6-7-8-9(2)10(3,4)5;1-6(2)7(3,4)5;1-5(2,3)4;;;/h9-10H,7-8H2,1-6H3;8-9H,7H2,1-6H3;9H,6-8H2,1-5H3;6H,1-5H3;1-4H3;3*1H4. The molecule has 0 saturated heterocycles. The maximum absolute atomic E-state index is 2.36. The van der Waals surface area contributed by atoms with E-state index in [1.807, 2.05) is 0 Å². The summed E-state index contributed by atoms with van der Waals surface area (Å²) >= 11 is 0. The van der Waals surface area contributed by atoms with E-state index in [0.717, 1.165) is 35.5 Å². The third kappa shape index (κ3) is 59.4. The molecule has 0 N–H and O–H groups in total. The van der Waals surface area contributed by atoms with E-state index in [2.05, 4.69) is 180 Å². The number of unbranched alkanes of at least 4 members (excludes halogenated alkanes) is 1. The van der Waals surface area contributed by atoms with Gasteiger partial charge in [-0.2, -0.15) is 0 Å². The van der Waals surface area contributed by atoms with Crippen molar-refractivity contribution in [1.82, 2.24) is 0 Å². The molecule has 0 aromatic rings. The van der Waals surface area contributed by atoms with Crippen LogP contribution < -0.4 is 0 Å². The zero-order valence-electron chi connectivity index (χ0n) is 36.2. The fraction of sp³-hybridized carbons (Fsp3) is 1.00. The molecular weight excluding hydrogens is 553 g/mol. The molecule has 292 valence electrons. The Morgan fingerprint density at radius 1 is 0.370 bits per heavy atom. The molecule has 0 fully saturated rings. The summed E-state index contributed by atoms with van der Waals surface area (Å²) < 4.78 is 0. The van der Waals surface area contributed by atoms with Crippen LogP contribution in [0.2, 0.25) is 0 Å². The molecule has 0 aliphatic carbocycles. The summed E-state index contributed by atoms with van der Waals surface area (Å²) in [6.45, 7) is 59.5. The first-order valence-corrected chi connectivity index (χ1v) is 18.6. The molecule has 3 atom stereocenters. The van der Waals surface area contributed by atoms with Crippen LogP contribution in [0.1, 0.15) is 241 Å². The van der Waals surface area contributed by atoms with Crippen LogP contribution in [0.5, 0.6) is 0 Å². The molecule has 0 saturated carbocycles. The van der Waals surface area contributed by atoms with Crippen molar-refractivity contribution >= 4 is 0 Å². The van der Waals surface area contributed by atoms with Gasteiger partial charge in [-0.05, 0) is 75.4 Å². The van der Waals surface area contributed by atoms with Crippen molar-refractivity contribution in [2.45, 2.75) is 241 Å². The van der Waals surface area contributed by atoms with Gasteiger partial charge in [0.15, 0.2) is 0 Å². The second-order valence-corrected chi connectivity index (χ2v) is 21.1. The Kier molecular flexibility index (Phi) is 41.9. The largest absolute Gasteiger partial charge is 0.0776 e. The van der Waals surface area contributed by atoms with Crippen LogP contribution >= 0.6 is 0 Å². The topological polar surface area (TPSA) is 0 Å². The normalized spacial score (nSPS) is 13.8. The highest BCUT2D eigenvalue weighted by molar-refractivity contribution is 4.71. The third-order valence-corrected chi connectivity index (χ3v) is 9.16. The minimum atomic E-state index is 0. The lowest BCUT2D eigenvalue weighted by Gasteiger charge is -2.28. The van der Waals surface area contributed by atoms with Gasteiger partial charge in [0, 0.05) is 0 Å². The Balaban J connectivity index is -0.0000000657. The van der Waals surface area contributed by atoms with E-state index in [9.17, 15) is 0 Å². The van der Waals surface area contributed by atoms with Crippen molar-refractivity contribution in [2.24, 2.45) is 62.6 Å². The Labute approximate surface area is 302 Å². The molecule has 0 amide bonds. The van der Waals surface area contributed by atoms with Gasteiger partial charge in [0.1, 0.15) is 0 Å². The second kappa shape index (κ2) is 29.9. The van der Waals surface area contributed by atoms with Crippen molar-refractivity contribution in [3.05, 3.63) is 0 Å². The fourth-order valence-electron chi connectivity index (χ4n) is 3.02. The molecule has 46 heavy (non-hydrogen) atoms. The average Bonchev–Trinajstić information content (AvgIpc) is 2.72. The van der Waals surface area contributed by atoms with Gasteiger partial charge in [-0.1, -0.05) is 228 Å². The summed E-state index contributed by atoms with van der Waals surface area (Å²) in [5, 5.41) is 0. The molecule has 0 nitrogen and oxygen atoms in total. The van der Waals surface area contributed by atoms with Gasteiger partial charge < -0.3 is 0 Å². The maximum Gasteiger partial charge on any atom is -0.0357 e. The molecule has 0 radical (unpaired) electrons. The Morgan fingerprint density at radius 3 is 0.783 bits per heavy atom. The summed E-state index contributed by atoms with van der Waals surface area (Å²) in [7, 11) is 0. The van der Waals surface area contributed by atoms with Crippen LogP contribution in [0, 0.1) is 62.6 Å². The summed E-state index contributed by atoms with van der Waals surface area (Å²) in [6, 6.07) is 0. The molecule has 0 rings (SSSR count). The van der Waals surface area contributed by atoms with Gasteiger partial charge in [0.2, 0.25) is 0 Å². The number of hydrogen-bond donors (Lipinski definition) is 0. The lowest BCUT2D eigenvalue weighted by atomic mass is 9.78. The number of hydrogen-bond acceptors (Lipinski definition) is 0. The van der Waals surface area contributed by atoms with E-state index < -0.39 is 0 Å². The molecule has 0 heteroatoms. The molecule has 0 spiro atoms. The van der Waals surface area contributed by atoms with Crippen LogP contribution in [0.25, 0.3) is 0 Å². The predicted octanol–water partition coefficient (Wildman–Crippen LogP) is 18.3. The molecule has 0 aliphatic heterocycles. The van der Waals surface area contributed by atoms with Crippen molar-refractivity contribution < 1.29 is 0 Å². The van der Waals surface area contributed by atoms with Crippen molar-refractivity contribution in [3.63, 3.8) is 0 Å². The van der Waals surface area contributed by atoms with Crippen LogP contribution in [0.15, 0.2) is 0 Å². The van der Waals surface area contributed by atoms with Gasteiger partial charge in [-0.25, -0.2) is 0 Å². The smallest absolute Gasteiger partial charge is 0.0357 e. The lowest BCUT2D eigenvalue weighted by molar-refractivity contribution is 0.224. The predicted molar refractivity (Wildman–Crippen MR) is 229 cm³/mol. The Bertz CT molecular complexity index is 562. The van der Waals surface area contributed by atoms with Gasteiger partial charge in [0.05, 0.1) is 0 Å². The molecule has 0 aromatic carbocycles. The van der Waals surface area contributed by atoms with Gasteiger partial charge in [-0.3, -0.25) is 0 Å². The molecule has 0 heterocycles. The summed E-state index contributed by atoms with van der Waals surface area (Å²) in [5.41, 5.74) is 2.49. The van der Waals surface area contributed by atoms with E-state index >= 15 is 0 Å². The van der Waals surface area contributed by atoms with Crippen molar-refractivity contribution in [1.29, 1.82) is 0 Å². The fourth-order valence-corrected chi connectivity index (χ4v) is 3.02.